The van der Waals surface area contributed by atoms with E-state index in [1.54, 1.807) is 0 Å². The van der Waals surface area contributed by atoms with Gasteiger partial charge >= 0.3 is 0 Å². The number of unbranched alkanes of at least 4 members (excludes halogenated alkanes) is 17. The van der Waals surface area contributed by atoms with Gasteiger partial charge in [-0.2, -0.15) is 0 Å². The van der Waals surface area contributed by atoms with Crippen molar-refractivity contribution >= 4 is 0 Å². The highest BCUT2D eigenvalue weighted by atomic mass is 15.1. The van der Waals surface area contributed by atoms with Crippen molar-refractivity contribution in [1.29, 1.82) is 0 Å². The molecule has 0 bridgehead atoms. The fraction of sp³-hybridized carbons (Fsp3) is 0.743. The highest BCUT2D eigenvalue weighted by Gasteiger charge is 2.26. The zero-order valence-corrected chi connectivity index (χ0v) is 24.8. The van der Waals surface area contributed by atoms with Gasteiger partial charge in [-0.15, -0.1) is 0 Å². The maximum atomic E-state index is 3.33. The molecule has 37 heavy (non-hydrogen) atoms. The van der Waals surface area contributed by atoms with Gasteiger partial charge in [0, 0.05) is 5.92 Å². The first kappa shape index (κ1) is 31.6. The van der Waals surface area contributed by atoms with Gasteiger partial charge in [0.2, 0.25) is 6.33 Å². The monoisotopic (exact) mass is 509 g/mol. The minimum Gasteiger partial charge on any atom is -0.250 e. The Balaban J connectivity index is 1.74. The molecule has 2 atom stereocenters. The number of aromatic amines is 1. The molecule has 2 heteroatoms. The van der Waals surface area contributed by atoms with E-state index in [-0.39, 0.29) is 0 Å². The summed E-state index contributed by atoms with van der Waals surface area (Å²) >= 11 is 0. The number of hydrogen-bond acceptors (Lipinski definition) is 0. The average Bonchev–Trinajstić information content (AvgIpc) is 3.46. The minimum atomic E-state index is 0.606. The van der Waals surface area contributed by atoms with Crippen LogP contribution in [0.15, 0.2) is 49.1 Å². The molecule has 0 fully saturated rings. The van der Waals surface area contributed by atoms with Crippen LogP contribution in [0.1, 0.15) is 160 Å². The number of rotatable bonds is 25. The summed E-state index contributed by atoms with van der Waals surface area (Å²) in [5.41, 5.74) is 1.50. The molecule has 0 radical (unpaired) electrons. The molecule has 0 aliphatic heterocycles. The zero-order chi connectivity index (χ0) is 26.2. The first-order valence-corrected chi connectivity index (χ1v) is 16.4. The number of benzene rings is 1. The van der Waals surface area contributed by atoms with Gasteiger partial charge in [0.1, 0.15) is 18.4 Å². The van der Waals surface area contributed by atoms with Crippen molar-refractivity contribution in [3.05, 3.63) is 54.6 Å². The molecule has 2 aromatic rings. The average molecular weight is 510 g/mol. The molecule has 1 aromatic carbocycles. The number of nitrogens with one attached hydrogen (secondary N) is 1. The molecule has 1 heterocycles. The van der Waals surface area contributed by atoms with Gasteiger partial charge in [-0.3, -0.25) is 4.98 Å². The van der Waals surface area contributed by atoms with E-state index < -0.39 is 0 Å². The van der Waals surface area contributed by atoms with E-state index in [0.717, 1.165) is 0 Å². The molecule has 0 spiro atoms. The second kappa shape index (κ2) is 22.4. The van der Waals surface area contributed by atoms with Crippen LogP contribution in [0.2, 0.25) is 0 Å². The lowest BCUT2D eigenvalue weighted by molar-refractivity contribution is -0.730. The molecule has 0 saturated heterocycles. The van der Waals surface area contributed by atoms with Crippen LogP contribution in [0, 0.1) is 5.92 Å². The van der Waals surface area contributed by atoms with Gasteiger partial charge < -0.3 is 0 Å². The largest absolute Gasteiger partial charge is 0.250 e. The van der Waals surface area contributed by atoms with E-state index in [2.05, 4.69) is 72.5 Å². The third-order valence-electron chi connectivity index (χ3n) is 8.37. The van der Waals surface area contributed by atoms with Crippen LogP contribution in [0.5, 0.6) is 0 Å². The predicted molar refractivity (Wildman–Crippen MR) is 162 cm³/mol. The fourth-order valence-electron chi connectivity index (χ4n) is 6.04. The molecule has 1 aromatic heterocycles. The Bertz CT molecular complexity index is 708. The predicted octanol–water partition coefficient (Wildman–Crippen LogP) is 10.9. The lowest BCUT2D eigenvalue weighted by Crippen LogP contribution is -2.42. The Morgan fingerprint density at radius 1 is 0.595 bits per heavy atom. The van der Waals surface area contributed by atoms with Crippen molar-refractivity contribution in [2.24, 2.45) is 5.92 Å². The SMILES string of the molecule is CCCCCCCCCCCCCCCC(C(CCCCCCCC)Cc1ccccc1)[n+]1cc[nH]c1. The van der Waals surface area contributed by atoms with Crippen molar-refractivity contribution in [1.82, 2.24) is 4.98 Å². The van der Waals surface area contributed by atoms with E-state index in [1.165, 1.54) is 147 Å². The van der Waals surface area contributed by atoms with Gasteiger partial charge in [-0.1, -0.05) is 160 Å². The van der Waals surface area contributed by atoms with Crippen LogP contribution in [-0.4, -0.2) is 4.98 Å². The molecule has 2 rings (SSSR count). The summed E-state index contributed by atoms with van der Waals surface area (Å²) in [6.07, 6.45) is 37.3. The second-order valence-corrected chi connectivity index (χ2v) is 11.7. The van der Waals surface area contributed by atoms with Gasteiger partial charge in [0.25, 0.3) is 0 Å². The Kier molecular flexibility index (Phi) is 19.2. The van der Waals surface area contributed by atoms with Crippen molar-refractivity contribution < 1.29 is 4.57 Å². The van der Waals surface area contributed by atoms with Gasteiger partial charge in [0.15, 0.2) is 0 Å². The zero-order valence-electron chi connectivity index (χ0n) is 24.8. The molecule has 0 aliphatic rings. The van der Waals surface area contributed by atoms with Crippen LogP contribution < -0.4 is 4.57 Å². The first-order chi connectivity index (χ1) is 18.3. The molecule has 0 saturated carbocycles. The topological polar surface area (TPSA) is 19.7 Å². The van der Waals surface area contributed by atoms with Crippen LogP contribution >= 0.6 is 0 Å². The van der Waals surface area contributed by atoms with Crippen LogP contribution in [0.3, 0.4) is 0 Å². The summed E-state index contributed by atoms with van der Waals surface area (Å²) < 4.78 is 2.49. The maximum Gasteiger partial charge on any atom is 0.241 e. The van der Waals surface area contributed by atoms with Gasteiger partial charge in [0.05, 0.1) is 0 Å². The highest BCUT2D eigenvalue weighted by Crippen LogP contribution is 2.29. The van der Waals surface area contributed by atoms with E-state index in [4.69, 9.17) is 0 Å². The summed E-state index contributed by atoms with van der Waals surface area (Å²) in [5.74, 6) is 0.715. The van der Waals surface area contributed by atoms with Crippen molar-refractivity contribution in [3.8, 4) is 0 Å². The summed E-state index contributed by atoms with van der Waals surface area (Å²) in [6.45, 7) is 4.61. The molecule has 0 aliphatic carbocycles. The van der Waals surface area contributed by atoms with Gasteiger partial charge in [-0.25, -0.2) is 4.57 Å². The quantitative estimate of drug-likeness (QED) is 0.101. The first-order valence-electron chi connectivity index (χ1n) is 16.4. The third kappa shape index (κ3) is 15.4. The Hall–Kier alpha value is -1.57. The van der Waals surface area contributed by atoms with Crippen LogP contribution in [-0.2, 0) is 6.42 Å². The molecular formula is C35H61N2+. The fourth-order valence-corrected chi connectivity index (χ4v) is 6.04. The molecule has 2 nitrogen and oxygen atoms in total. The summed E-state index contributed by atoms with van der Waals surface area (Å²) in [7, 11) is 0. The summed E-state index contributed by atoms with van der Waals surface area (Å²) in [4.78, 5) is 3.33. The second-order valence-electron chi connectivity index (χ2n) is 11.7. The number of imidazole rings is 1. The van der Waals surface area contributed by atoms with E-state index >= 15 is 0 Å². The number of aromatic nitrogens is 2. The Morgan fingerprint density at radius 2 is 1.08 bits per heavy atom. The summed E-state index contributed by atoms with van der Waals surface area (Å²) in [5, 5.41) is 0. The lowest BCUT2D eigenvalue weighted by atomic mass is 9.84. The standard InChI is InChI=1S/C35H60N2/c1-3-5-7-9-11-12-13-14-15-16-17-19-24-28-35(37-30-29-36-32-37)34(27-23-18-10-8-6-4-2)31-33-25-21-20-22-26-33/h20-22,25-26,29-30,32,34-35H,3-19,23-24,27-28,31H2,1-2H3/p+1. The van der Waals surface area contributed by atoms with E-state index in [0.29, 0.717) is 12.0 Å². The highest BCUT2D eigenvalue weighted by molar-refractivity contribution is 5.15. The van der Waals surface area contributed by atoms with Crippen molar-refractivity contribution in [2.75, 3.05) is 0 Å². The number of nitrogens with zero attached hydrogens (tertiary/aromatic N) is 1. The maximum absolute atomic E-state index is 3.33. The molecule has 2 unspecified atom stereocenters. The van der Waals surface area contributed by atoms with E-state index in [9.17, 15) is 0 Å². The number of hydrogen-bond donors (Lipinski definition) is 1. The Labute approximate surface area is 231 Å². The molecule has 210 valence electrons. The van der Waals surface area contributed by atoms with E-state index in [1.807, 2.05) is 0 Å². The van der Waals surface area contributed by atoms with Crippen LogP contribution in [0.25, 0.3) is 0 Å². The lowest BCUT2D eigenvalue weighted by Gasteiger charge is -2.25. The van der Waals surface area contributed by atoms with Gasteiger partial charge in [-0.05, 0) is 31.2 Å². The van der Waals surface area contributed by atoms with Crippen molar-refractivity contribution in [3.63, 3.8) is 0 Å². The summed E-state index contributed by atoms with van der Waals surface area (Å²) in [6, 6.07) is 11.8. The van der Waals surface area contributed by atoms with Crippen molar-refractivity contribution in [2.45, 2.75) is 161 Å². The Morgan fingerprint density at radius 3 is 1.57 bits per heavy atom. The minimum absolute atomic E-state index is 0.606. The molecular weight excluding hydrogens is 448 g/mol. The third-order valence-corrected chi connectivity index (χ3v) is 8.37. The number of H-pyrrole nitrogens is 1. The van der Waals surface area contributed by atoms with Crippen LogP contribution in [0.4, 0.5) is 0 Å². The molecule has 0 amide bonds. The smallest absolute Gasteiger partial charge is 0.241 e. The molecule has 1 N–H and O–H groups in total. The normalized spacial score (nSPS) is 13.1.